The zero-order chi connectivity index (χ0) is 17.0. The van der Waals surface area contributed by atoms with Gasteiger partial charge >= 0.3 is 6.03 Å². The zero-order valence-corrected chi connectivity index (χ0v) is 15.4. The van der Waals surface area contributed by atoms with Crippen molar-refractivity contribution in [2.45, 2.75) is 26.8 Å². The van der Waals surface area contributed by atoms with Gasteiger partial charge in [-0.25, -0.2) is 4.79 Å². The Balaban J connectivity index is 2.90. The predicted octanol–water partition coefficient (Wildman–Crippen LogP) is 2.60. The van der Waals surface area contributed by atoms with Crippen molar-refractivity contribution in [2.24, 2.45) is 0 Å². The minimum atomic E-state index is -0.924. The molecular formula is C16H27N3O2S. The number of benzene rings is 1. The molecule has 22 heavy (non-hydrogen) atoms. The molecule has 0 aliphatic heterocycles. The van der Waals surface area contributed by atoms with Crippen molar-refractivity contribution in [1.29, 1.82) is 0 Å². The Labute approximate surface area is 136 Å². The second-order valence-electron chi connectivity index (χ2n) is 5.98. The van der Waals surface area contributed by atoms with Crippen molar-refractivity contribution < 1.29 is 9.00 Å². The third kappa shape index (κ3) is 4.73. The summed E-state index contributed by atoms with van der Waals surface area (Å²) in [5.41, 5.74) is 4.00. The number of carbonyl (C=O) groups is 1. The first kappa shape index (κ1) is 18.5. The van der Waals surface area contributed by atoms with E-state index >= 15 is 0 Å². The van der Waals surface area contributed by atoms with Gasteiger partial charge in [0.2, 0.25) is 0 Å². The van der Waals surface area contributed by atoms with Crippen LogP contribution in [-0.4, -0.2) is 54.3 Å². The molecule has 124 valence electrons. The maximum atomic E-state index is 12.4. The number of nitrogens with zero attached hydrogens (tertiary/aromatic N) is 2. The monoisotopic (exact) mass is 325 g/mol. The number of urea groups is 1. The van der Waals surface area contributed by atoms with Gasteiger partial charge in [0.05, 0.1) is 0 Å². The first-order valence-corrected chi connectivity index (χ1v) is 8.98. The highest BCUT2D eigenvalue weighted by molar-refractivity contribution is 7.84. The van der Waals surface area contributed by atoms with Crippen LogP contribution in [-0.2, 0) is 10.8 Å². The van der Waals surface area contributed by atoms with Crippen LogP contribution in [0.1, 0.15) is 18.1 Å². The van der Waals surface area contributed by atoms with Crippen molar-refractivity contribution in [3.8, 4) is 0 Å². The van der Waals surface area contributed by atoms with Crippen LogP contribution in [0.2, 0.25) is 0 Å². The van der Waals surface area contributed by atoms with E-state index in [0.717, 1.165) is 22.5 Å². The second kappa shape index (κ2) is 7.63. The van der Waals surface area contributed by atoms with E-state index in [0.29, 0.717) is 5.75 Å². The van der Waals surface area contributed by atoms with Crippen LogP contribution in [0.5, 0.6) is 0 Å². The smallest absolute Gasteiger partial charge is 0.321 e. The fraction of sp³-hybridized carbons (Fsp3) is 0.562. The van der Waals surface area contributed by atoms with E-state index in [-0.39, 0.29) is 12.1 Å². The number of anilines is 2. The summed E-state index contributed by atoms with van der Waals surface area (Å²) in [5, 5.41) is 2.97. The molecule has 0 bridgehead atoms. The molecule has 0 fully saturated rings. The van der Waals surface area contributed by atoms with Crippen molar-refractivity contribution in [2.75, 3.05) is 43.4 Å². The fourth-order valence-corrected chi connectivity index (χ4v) is 3.15. The average Bonchev–Trinajstić information content (AvgIpc) is 2.40. The number of amides is 2. The second-order valence-corrected chi connectivity index (χ2v) is 7.46. The number of hydrogen-bond donors (Lipinski definition) is 1. The minimum absolute atomic E-state index is 0.0764. The summed E-state index contributed by atoms with van der Waals surface area (Å²) in [6.45, 7) is 5.87. The third-order valence-electron chi connectivity index (χ3n) is 3.72. The lowest BCUT2D eigenvalue weighted by Gasteiger charge is -2.26. The predicted molar refractivity (Wildman–Crippen MR) is 95.4 cm³/mol. The molecule has 0 saturated heterocycles. The minimum Gasteiger partial charge on any atom is -0.378 e. The van der Waals surface area contributed by atoms with Gasteiger partial charge in [0.25, 0.3) is 0 Å². The molecule has 1 aromatic carbocycles. The lowest BCUT2D eigenvalue weighted by Crippen LogP contribution is -2.41. The largest absolute Gasteiger partial charge is 0.378 e. The molecule has 2 atom stereocenters. The van der Waals surface area contributed by atoms with Crippen LogP contribution < -0.4 is 10.2 Å². The molecule has 2 amide bonds. The molecule has 5 nitrogen and oxygen atoms in total. The molecule has 0 aliphatic rings. The van der Waals surface area contributed by atoms with Gasteiger partial charge in [0.1, 0.15) is 0 Å². The van der Waals surface area contributed by atoms with Gasteiger partial charge in [-0.15, -0.1) is 0 Å². The fourth-order valence-electron chi connectivity index (χ4n) is 2.24. The molecular weight excluding hydrogens is 298 g/mol. The standard InChI is InChI=1S/C16H27N3O2S/c1-11-8-14(18(4)5)9-12(2)15(11)17-16(20)19(6)13(3)10-22(7)21/h8-9,13H,10H2,1-7H3,(H,17,20). The van der Waals surface area contributed by atoms with E-state index in [4.69, 9.17) is 0 Å². The van der Waals surface area contributed by atoms with Crippen LogP contribution in [0.15, 0.2) is 12.1 Å². The van der Waals surface area contributed by atoms with Crippen molar-refractivity contribution >= 4 is 28.2 Å². The normalized spacial score (nSPS) is 13.4. The molecule has 0 radical (unpaired) electrons. The Hall–Kier alpha value is -1.56. The molecule has 0 aliphatic carbocycles. The Bertz CT molecular complexity index is 550. The Morgan fingerprint density at radius 3 is 2.14 bits per heavy atom. The van der Waals surface area contributed by atoms with Gasteiger partial charge in [-0.1, -0.05) is 0 Å². The van der Waals surface area contributed by atoms with E-state index in [2.05, 4.69) is 5.32 Å². The molecule has 2 unspecified atom stereocenters. The molecule has 6 heteroatoms. The van der Waals surface area contributed by atoms with Gasteiger partial charge in [-0.3, -0.25) is 4.21 Å². The average molecular weight is 325 g/mol. The summed E-state index contributed by atoms with van der Waals surface area (Å²) in [4.78, 5) is 16.0. The number of aryl methyl sites for hydroxylation is 2. The Morgan fingerprint density at radius 2 is 1.73 bits per heavy atom. The summed E-state index contributed by atoms with van der Waals surface area (Å²) in [7, 11) is 4.79. The number of carbonyl (C=O) groups excluding carboxylic acids is 1. The van der Waals surface area contributed by atoms with Gasteiger partial charge in [0.15, 0.2) is 0 Å². The lowest BCUT2D eigenvalue weighted by atomic mass is 10.1. The Kier molecular flexibility index (Phi) is 6.41. The SMILES string of the molecule is Cc1cc(N(C)C)cc(C)c1NC(=O)N(C)C(C)CS(C)=O. The van der Waals surface area contributed by atoms with Gasteiger partial charge in [0, 0.05) is 61.4 Å². The van der Waals surface area contributed by atoms with Crippen LogP contribution in [0, 0.1) is 13.8 Å². The lowest BCUT2D eigenvalue weighted by molar-refractivity contribution is 0.212. The van der Waals surface area contributed by atoms with Crippen molar-refractivity contribution in [3.05, 3.63) is 23.3 Å². The van der Waals surface area contributed by atoms with Gasteiger partial charge in [-0.2, -0.15) is 0 Å². The van der Waals surface area contributed by atoms with Gasteiger partial charge in [-0.05, 0) is 44.0 Å². The van der Waals surface area contributed by atoms with E-state index in [1.165, 1.54) is 0 Å². The molecule has 1 aromatic rings. The third-order valence-corrected chi connectivity index (χ3v) is 4.68. The van der Waals surface area contributed by atoms with Crippen LogP contribution >= 0.6 is 0 Å². The highest BCUT2D eigenvalue weighted by atomic mass is 32.2. The van der Waals surface area contributed by atoms with Crippen LogP contribution in [0.25, 0.3) is 0 Å². The Morgan fingerprint density at radius 1 is 1.23 bits per heavy atom. The van der Waals surface area contributed by atoms with E-state index in [1.54, 1.807) is 18.2 Å². The molecule has 1 N–H and O–H groups in total. The van der Waals surface area contributed by atoms with E-state index < -0.39 is 10.8 Å². The van der Waals surface area contributed by atoms with Crippen LogP contribution in [0.4, 0.5) is 16.2 Å². The first-order chi connectivity index (χ1) is 10.1. The van der Waals surface area contributed by atoms with Crippen LogP contribution in [0.3, 0.4) is 0 Å². The number of nitrogens with one attached hydrogen (secondary N) is 1. The zero-order valence-electron chi connectivity index (χ0n) is 14.6. The number of rotatable bonds is 5. The summed E-state index contributed by atoms with van der Waals surface area (Å²) < 4.78 is 11.3. The highest BCUT2D eigenvalue weighted by Gasteiger charge is 2.18. The molecule has 0 heterocycles. The maximum Gasteiger partial charge on any atom is 0.321 e. The summed E-state index contributed by atoms with van der Waals surface area (Å²) in [6.07, 6.45) is 1.65. The summed E-state index contributed by atoms with van der Waals surface area (Å²) in [6, 6.07) is 3.84. The summed E-state index contributed by atoms with van der Waals surface area (Å²) >= 11 is 0. The van der Waals surface area contributed by atoms with Crippen molar-refractivity contribution in [3.63, 3.8) is 0 Å². The van der Waals surface area contributed by atoms with Gasteiger partial charge < -0.3 is 15.1 Å². The summed E-state index contributed by atoms with van der Waals surface area (Å²) in [5.74, 6) is 0.474. The molecule has 1 rings (SSSR count). The first-order valence-electron chi connectivity index (χ1n) is 7.26. The maximum absolute atomic E-state index is 12.4. The molecule has 0 spiro atoms. The molecule has 0 saturated carbocycles. The number of hydrogen-bond acceptors (Lipinski definition) is 3. The van der Waals surface area contributed by atoms with Crippen molar-refractivity contribution in [1.82, 2.24) is 4.90 Å². The topological polar surface area (TPSA) is 52.7 Å². The van der Waals surface area contributed by atoms with E-state index in [1.807, 2.05) is 51.9 Å². The quantitative estimate of drug-likeness (QED) is 0.905. The molecule has 0 aromatic heterocycles. The van der Waals surface area contributed by atoms with E-state index in [9.17, 15) is 9.00 Å². The highest BCUT2D eigenvalue weighted by Crippen LogP contribution is 2.26.